The fraction of sp³-hybridized carbons (Fsp3) is 0.333. The minimum atomic E-state index is -0.581. The lowest BCUT2D eigenvalue weighted by Gasteiger charge is -2.12. The molecule has 2 aromatic carbocycles. The van der Waals surface area contributed by atoms with Crippen LogP contribution in [0.15, 0.2) is 45.3 Å². The second-order valence-corrected chi connectivity index (χ2v) is 8.20. The van der Waals surface area contributed by atoms with Gasteiger partial charge in [-0.3, -0.25) is 0 Å². The number of hydrogen-bond acceptors (Lipinski definition) is 5. The van der Waals surface area contributed by atoms with Crippen molar-refractivity contribution >= 4 is 43.8 Å². The maximum Gasteiger partial charge on any atom is 0.343 e. The van der Waals surface area contributed by atoms with Gasteiger partial charge in [-0.1, -0.05) is 29.8 Å². The third-order valence-corrected chi connectivity index (χ3v) is 4.87. The van der Waals surface area contributed by atoms with Crippen molar-refractivity contribution < 1.29 is 23.8 Å². The van der Waals surface area contributed by atoms with Gasteiger partial charge in [-0.05, 0) is 71.6 Å². The summed E-state index contributed by atoms with van der Waals surface area (Å²) in [6.07, 6.45) is 0.941. The van der Waals surface area contributed by atoms with E-state index in [0.717, 1.165) is 6.42 Å². The van der Waals surface area contributed by atoms with E-state index < -0.39 is 11.9 Å². The minimum absolute atomic E-state index is 0.139. The van der Waals surface area contributed by atoms with Crippen LogP contribution in [-0.2, 0) is 4.74 Å². The van der Waals surface area contributed by atoms with Gasteiger partial charge in [-0.2, -0.15) is 0 Å². The second-order valence-electron chi connectivity index (χ2n) is 6.43. The van der Waals surface area contributed by atoms with Crippen LogP contribution in [0.25, 0.3) is 0 Å². The molecule has 0 N–H and O–H groups in total. The van der Waals surface area contributed by atoms with Crippen LogP contribution in [0, 0.1) is 5.92 Å². The first kappa shape index (κ1) is 22.4. The number of hydrogen-bond donors (Lipinski definition) is 0. The molecule has 0 amide bonds. The van der Waals surface area contributed by atoms with Crippen molar-refractivity contribution in [2.75, 3.05) is 13.2 Å². The summed E-state index contributed by atoms with van der Waals surface area (Å²) in [6, 6.07) is 9.77. The molecule has 0 spiro atoms. The average Bonchev–Trinajstić information content (AvgIpc) is 2.64. The molecular formula is C21H22Br2O5. The SMILES string of the molecule is CCOC(=O)c1cc(Br)ccc1OC(=O)c1ccc(OCCC(C)C)c(Br)c1. The molecule has 0 aliphatic rings. The van der Waals surface area contributed by atoms with Crippen LogP contribution in [-0.4, -0.2) is 25.2 Å². The van der Waals surface area contributed by atoms with Crippen LogP contribution in [0.1, 0.15) is 47.9 Å². The fourth-order valence-corrected chi connectivity index (χ4v) is 3.12. The van der Waals surface area contributed by atoms with E-state index in [1.165, 1.54) is 0 Å². The van der Waals surface area contributed by atoms with Gasteiger partial charge in [-0.25, -0.2) is 9.59 Å². The first-order valence-corrected chi connectivity index (χ1v) is 10.5. The lowest BCUT2D eigenvalue weighted by molar-refractivity contribution is 0.0520. The maximum atomic E-state index is 12.6. The van der Waals surface area contributed by atoms with Crippen LogP contribution in [0.4, 0.5) is 0 Å². The maximum absolute atomic E-state index is 12.6. The first-order valence-electron chi connectivity index (χ1n) is 8.93. The van der Waals surface area contributed by atoms with E-state index in [9.17, 15) is 9.59 Å². The minimum Gasteiger partial charge on any atom is -0.492 e. The van der Waals surface area contributed by atoms with Gasteiger partial charge in [0.15, 0.2) is 0 Å². The summed E-state index contributed by atoms with van der Waals surface area (Å²) >= 11 is 6.73. The second kappa shape index (κ2) is 10.6. The molecule has 0 aliphatic carbocycles. The molecule has 0 aromatic heterocycles. The Bertz CT molecular complexity index is 849. The Kier molecular flexibility index (Phi) is 8.51. The molecule has 0 saturated carbocycles. The van der Waals surface area contributed by atoms with Crippen molar-refractivity contribution in [3.05, 3.63) is 56.5 Å². The molecule has 0 atom stereocenters. The molecule has 0 radical (unpaired) electrons. The highest BCUT2D eigenvalue weighted by atomic mass is 79.9. The molecule has 2 rings (SSSR count). The largest absolute Gasteiger partial charge is 0.492 e. The van der Waals surface area contributed by atoms with Crippen molar-refractivity contribution in [1.29, 1.82) is 0 Å². The number of ether oxygens (including phenoxy) is 3. The fourth-order valence-electron chi connectivity index (χ4n) is 2.27. The quantitative estimate of drug-likeness (QED) is 0.318. The summed E-state index contributed by atoms with van der Waals surface area (Å²) in [5.41, 5.74) is 0.512. The van der Waals surface area contributed by atoms with E-state index in [-0.39, 0.29) is 17.9 Å². The van der Waals surface area contributed by atoms with Crippen molar-refractivity contribution in [2.45, 2.75) is 27.2 Å². The predicted molar refractivity (Wildman–Crippen MR) is 114 cm³/mol. The third kappa shape index (κ3) is 6.34. The molecule has 0 unspecified atom stereocenters. The molecule has 0 saturated heterocycles. The highest BCUT2D eigenvalue weighted by Crippen LogP contribution is 2.28. The normalized spacial score (nSPS) is 10.6. The van der Waals surface area contributed by atoms with Gasteiger partial charge in [0.25, 0.3) is 0 Å². The Labute approximate surface area is 181 Å². The molecule has 28 heavy (non-hydrogen) atoms. The van der Waals surface area contributed by atoms with Gasteiger partial charge in [0, 0.05) is 4.47 Å². The Hall–Kier alpha value is -1.86. The molecule has 0 fully saturated rings. The molecule has 7 heteroatoms. The van der Waals surface area contributed by atoms with E-state index >= 15 is 0 Å². The zero-order valence-corrected chi connectivity index (χ0v) is 19.1. The highest BCUT2D eigenvalue weighted by Gasteiger charge is 2.19. The van der Waals surface area contributed by atoms with Crippen LogP contribution in [0.5, 0.6) is 11.5 Å². The van der Waals surface area contributed by atoms with E-state index in [0.29, 0.717) is 32.8 Å². The van der Waals surface area contributed by atoms with Gasteiger partial charge in [0.2, 0.25) is 0 Å². The van der Waals surface area contributed by atoms with Gasteiger partial charge in [0.05, 0.1) is 23.2 Å². The summed E-state index contributed by atoms with van der Waals surface area (Å²) in [7, 11) is 0. The number of halogens is 2. The summed E-state index contributed by atoms with van der Waals surface area (Å²) in [4.78, 5) is 24.7. The molecule has 0 bridgehead atoms. The topological polar surface area (TPSA) is 61.8 Å². The predicted octanol–water partition coefficient (Wildman–Crippen LogP) is 6.03. The smallest absolute Gasteiger partial charge is 0.343 e. The zero-order chi connectivity index (χ0) is 20.7. The number of carbonyl (C=O) groups is 2. The number of esters is 2. The molecule has 0 aliphatic heterocycles. The third-order valence-electron chi connectivity index (χ3n) is 3.76. The number of benzene rings is 2. The van der Waals surface area contributed by atoms with Gasteiger partial charge >= 0.3 is 11.9 Å². The molecule has 150 valence electrons. The van der Waals surface area contributed by atoms with Crippen LogP contribution in [0.3, 0.4) is 0 Å². The summed E-state index contributed by atoms with van der Waals surface area (Å²) < 4.78 is 17.5. The van der Waals surface area contributed by atoms with Crippen LogP contribution in [0.2, 0.25) is 0 Å². The van der Waals surface area contributed by atoms with Gasteiger partial charge in [0.1, 0.15) is 17.1 Å². The lowest BCUT2D eigenvalue weighted by Crippen LogP contribution is -2.13. The average molecular weight is 514 g/mol. The number of rotatable bonds is 8. The Morgan fingerprint density at radius 1 is 1.00 bits per heavy atom. The van der Waals surface area contributed by atoms with Crippen LogP contribution < -0.4 is 9.47 Å². The molecule has 0 heterocycles. The Balaban J connectivity index is 2.15. The van der Waals surface area contributed by atoms with E-state index in [1.54, 1.807) is 43.3 Å². The summed E-state index contributed by atoms with van der Waals surface area (Å²) in [5, 5.41) is 0. The van der Waals surface area contributed by atoms with Crippen molar-refractivity contribution in [3.8, 4) is 11.5 Å². The lowest BCUT2D eigenvalue weighted by atomic mass is 10.1. The van der Waals surface area contributed by atoms with Gasteiger partial charge in [-0.15, -0.1) is 0 Å². The Morgan fingerprint density at radius 3 is 2.36 bits per heavy atom. The Morgan fingerprint density at radius 2 is 1.71 bits per heavy atom. The van der Waals surface area contributed by atoms with Crippen molar-refractivity contribution in [3.63, 3.8) is 0 Å². The van der Waals surface area contributed by atoms with E-state index in [2.05, 4.69) is 45.7 Å². The van der Waals surface area contributed by atoms with Crippen molar-refractivity contribution in [2.24, 2.45) is 5.92 Å². The highest BCUT2D eigenvalue weighted by molar-refractivity contribution is 9.10. The summed E-state index contributed by atoms with van der Waals surface area (Å²) in [6.45, 7) is 6.80. The first-order chi connectivity index (χ1) is 13.3. The van der Waals surface area contributed by atoms with Crippen molar-refractivity contribution in [1.82, 2.24) is 0 Å². The molecule has 2 aromatic rings. The van der Waals surface area contributed by atoms with E-state index in [4.69, 9.17) is 14.2 Å². The summed E-state index contributed by atoms with van der Waals surface area (Å²) in [5.74, 6) is 0.213. The monoisotopic (exact) mass is 512 g/mol. The van der Waals surface area contributed by atoms with E-state index in [1.807, 2.05) is 0 Å². The molecular weight excluding hydrogens is 492 g/mol. The van der Waals surface area contributed by atoms with Gasteiger partial charge < -0.3 is 14.2 Å². The standard InChI is InChI=1S/C21H22Br2O5/c1-4-26-21(25)16-12-15(22)6-8-18(16)28-20(24)14-5-7-19(17(23)11-14)27-10-9-13(2)3/h5-8,11-13H,4,9-10H2,1-3H3. The van der Waals surface area contributed by atoms with Crippen LogP contribution >= 0.6 is 31.9 Å². The zero-order valence-electron chi connectivity index (χ0n) is 16.0. The molecule has 5 nitrogen and oxygen atoms in total. The number of carbonyl (C=O) groups excluding carboxylic acids is 2.